The van der Waals surface area contributed by atoms with Crippen LogP contribution in [0.1, 0.15) is 25.3 Å². The second-order valence-corrected chi connectivity index (χ2v) is 6.46. The fourth-order valence-electron chi connectivity index (χ4n) is 2.75. The van der Waals surface area contributed by atoms with Gasteiger partial charge in [0.2, 0.25) is 5.91 Å². The van der Waals surface area contributed by atoms with Crippen LogP contribution in [-0.2, 0) is 11.3 Å². The summed E-state index contributed by atoms with van der Waals surface area (Å²) in [5.41, 5.74) is 2.26. The average molecular weight is 329 g/mol. The van der Waals surface area contributed by atoms with E-state index in [1.165, 1.54) is 18.4 Å². The second kappa shape index (κ2) is 8.04. The summed E-state index contributed by atoms with van der Waals surface area (Å²) in [6.07, 6.45) is 2.67. The zero-order valence-electron chi connectivity index (χ0n) is 14.3. The number of nitrogens with zero attached hydrogens (tertiary/aromatic N) is 2. The van der Waals surface area contributed by atoms with E-state index in [1.807, 2.05) is 0 Å². The van der Waals surface area contributed by atoms with E-state index in [2.05, 4.69) is 57.0 Å². The van der Waals surface area contributed by atoms with Gasteiger partial charge in [-0.15, -0.1) is 0 Å². The first-order valence-electron chi connectivity index (χ1n) is 8.87. The van der Waals surface area contributed by atoms with Crippen LogP contribution in [0.4, 0.5) is 5.69 Å². The minimum Gasteiger partial charge on any atom is -0.360 e. The van der Waals surface area contributed by atoms with Crippen molar-refractivity contribution in [2.45, 2.75) is 26.3 Å². The molecule has 6 nitrogen and oxygen atoms in total. The maximum Gasteiger partial charge on any atom is 0.239 e. The minimum absolute atomic E-state index is 0.0898. The fraction of sp³-hybridized carbons (Fsp3) is 0.556. The van der Waals surface area contributed by atoms with Crippen molar-refractivity contribution in [1.29, 1.82) is 0 Å². The molecule has 24 heavy (non-hydrogen) atoms. The molecule has 1 aliphatic carbocycles. The third-order valence-electron chi connectivity index (χ3n) is 4.36. The number of hydrogen-bond donors (Lipinski definition) is 3. The Morgan fingerprint density at radius 3 is 2.75 bits per heavy atom. The first-order valence-corrected chi connectivity index (χ1v) is 8.87. The molecule has 1 saturated heterocycles. The lowest BCUT2D eigenvalue weighted by atomic mass is 10.2. The number of aliphatic imine (C=N–C) groups is 1. The standard InChI is InChI=1S/C18H27N5O/c1-2-19-18(21-11-14-3-4-14)22-12-15-5-7-16(8-6-15)23-10-9-20-17(24)13-23/h5-8,14H,2-4,9-13H2,1H3,(H,20,24)(H2,19,21,22). The van der Waals surface area contributed by atoms with E-state index in [-0.39, 0.29) is 5.91 Å². The van der Waals surface area contributed by atoms with E-state index < -0.39 is 0 Å². The zero-order chi connectivity index (χ0) is 16.8. The molecule has 1 aromatic carbocycles. The van der Waals surface area contributed by atoms with E-state index in [1.54, 1.807) is 0 Å². The molecule has 0 radical (unpaired) electrons. The summed E-state index contributed by atoms with van der Waals surface area (Å²) in [7, 11) is 0. The lowest BCUT2D eigenvalue weighted by Gasteiger charge is -2.28. The van der Waals surface area contributed by atoms with Crippen LogP contribution in [0.25, 0.3) is 0 Å². The van der Waals surface area contributed by atoms with Gasteiger partial charge in [0, 0.05) is 31.9 Å². The SMILES string of the molecule is CCNC(=NCc1ccc(N2CCNC(=O)C2)cc1)NCC1CC1. The van der Waals surface area contributed by atoms with Gasteiger partial charge in [-0.3, -0.25) is 4.79 Å². The summed E-state index contributed by atoms with van der Waals surface area (Å²) in [4.78, 5) is 18.2. The van der Waals surface area contributed by atoms with Crippen LogP contribution >= 0.6 is 0 Å². The number of guanidine groups is 1. The molecule has 0 atom stereocenters. The Morgan fingerprint density at radius 1 is 1.29 bits per heavy atom. The van der Waals surface area contributed by atoms with Gasteiger partial charge in [0.1, 0.15) is 0 Å². The van der Waals surface area contributed by atoms with Crippen LogP contribution in [0.5, 0.6) is 0 Å². The van der Waals surface area contributed by atoms with Gasteiger partial charge in [0.15, 0.2) is 5.96 Å². The van der Waals surface area contributed by atoms with Gasteiger partial charge >= 0.3 is 0 Å². The van der Waals surface area contributed by atoms with Crippen molar-refractivity contribution in [2.24, 2.45) is 10.9 Å². The molecule has 0 unspecified atom stereocenters. The number of hydrogen-bond acceptors (Lipinski definition) is 3. The van der Waals surface area contributed by atoms with Crippen molar-refractivity contribution in [3.05, 3.63) is 29.8 Å². The van der Waals surface area contributed by atoms with Crippen molar-refractivity contribution in [3.63, 3.8) is 0 Å². The molecule has 1 aromatic rings. The predicted molar refractivity (Wildman–Crippen MR) is 97.2 cm³/mol. The first kappa shape index (κ1) is 16.6. The number of piperazine rings is 1. The third-order valence-corrected chi connectivity index (χ3v) is 4.36. The minimum atomic E-state index is 0.0898. The Hall–Kier alpha value is -2.24. The summed E-state index contributed by atoms with van der Waals surface area (Å²) in [6, 6.07) is 8.34. The zero-order valence-corrected chi connectivity index (χ0v) is 14.3. The molecular formula is C18H27N5O. The van der Waals surface area contributed by atoms with E-state index in [9.17, 15) is 4.79 Å². The van der Waals surface area contributed by atoms with Crippen LogP contribution in [0.15, 0.2) is 29.3 Å². The van der Waals surface area contributed by atoms with E-state index in [0.717, 1.165) is 37.2 Å². The maximum atomic E-state index is 11.5. The predicted octanol–water partition coefficient (Wildman–Crippen LogP) is 1.09. The van der Waals surface area contributed by atoms with Crippen molar-refractivity contribution in [2.75, 3.05) is 37.6 Å². The molecule has 3 rings (SSSR count). The van der Waals surface area contributed by atoms with Crippen LogP contribution in [-0.4, -0.2) is 44.6 Å². The molecule has 0 spiro atoms. The lowest BCUT2D eigenvalue weighted by molar-refractivity contribution is -0.120. The molecule has 1 aliphatic heterocycles. The van der Waals surface area contributed by atoms with Crippen molar-refractivity contribution < 1.29 is 4.79 Å². The number of carbonyl (C=O) groups excluding carboxylic acids is 1. The highest BCUT2D eigenvalue weighted by atomic mass is 16.2. The first-order chi connectivity index (χ1) is 11.7. The number of amides is 1. The highest BCUT2D eigenvalue weighted by molar-refractivity contribution is 5.82. The Bertz CT molecular complexity index is 580. The molecule has 2 aliphatic rings. The number of carbonyl (C=O) groups is 1. The summed E-state index contributed by atoms with van der Waals surface area (Å²) in [5, 5.41) is 9.55. The molecule has 0 bridgehead atoms. The summed E-state index contributed by atoms with van der Waals surface area (Å²) in [6.45, 7) is 6.63. The van der Waals surface area contributed by atoms with Crippen LogP contribution in [0.3, 0.4) is 0 Å². The van der Waals surface area contributed by atoms with E-state index in [0.29, 0.717) is 19.6 Å². The Morgan fingerprint density at radius 2 is 2.08 bits per heavy atom. The van der Waals surface area contributed by atoms with Crippen molar-refractivity contribution in [1.82, 2.24) is 16.0 Å². The number of nitrogens with one attached hydrogen (secondary N) is 3. The molecule has 6 heteroatoms. The van der Waals surface area contributed by atoms with E-state index >= 15 is 0 Å². The van der Waals surface area contributed by atoms with Gasteiger partial charge in [-0.2, -0.15) is 0 Å². The van der Waals surface area contributed by atoms with Gasteiger partial charge in [0.25, 0.3) is 0 Å². The molecular weight excluding hydrogens is 302 g/mol. The lowest BCUT2D eigenvalue weighted by Crippen LogP contribution is -2.47. The summed E-state index contributed by atoms with van der Waals surface area (Å²) >= 11 is 0. The quantitative estimate of drug-likeness (QED) is 0.540. The molecule has 130 valence electrons. The Balaban J connectivity index is 1.55. The number of anilines is 1. The Labute approximate surface area is 143 Å². The van der Waals surface area contributed by atoms with E-state index in [4.69, 9.17) is 0 Å². The van der Waals surface area contributed by atoms with Crippen molar-refractivity contribution >= 4 is 17.6 Å². The van der Waals surface area contributed by atoms with Gasteiger partial charge < -0.3 is 20.9 Å². The third kappa shape index (κ3) is 4.88. The van der Waals surface area contributed by atoms with Crippen LogP contribution in [0, 0.1) is 5.92 Å². The van der Waals surface area contributed by atoms with Gasteiger partial charge in [-0.25, -0.2) is 4.99 Å². The molecule has 1 heterocycles. The molecule has 2 fully saturated rings. The molecule has 1 saturated carbocycles. The van der Waals surface area contributed by atoms with Crippen molar-refractivity contribution in [3.8, 4) is 0 Å². The average Bonchev–Trinajstić information content (AvgIpc) is 3.42. The molecule has 0 aromatic heterocycles. The van der Waals surface area contributed by atoms with Gasteiger partial charge in [0.05, 0.1) is 13.1 Å². The summed E-state index contributed by atoms with van der Waals surface area (Å²) < 4.78 is 0. The molecule has 1 amide bonds. The maximum absolute atomic E-state index is 11.5. The number of benzene rings is 1. The topological polar surface area (TPSA) is 68.8 Å². The second-order valence-electron chi connectivity index (χ2n) is 6.46. The highest BCUT2D eigenvalue weighted by Gasteiger charge is 2.21. The summed E-state index contributed by atoms with van der Waals surface area (Å²) in [5.74, 6) is 1.81. The number of rotatable bonds is 6. The monoisotopic (exact) mass is 329 g/mol. The normalized spacial score (nSPS) is 18.3. The van der Waals surface area contributed by atoms with Crippen LogP contribution in [0.2, 0.25) is 0 Å². The fourth-order valence-corrected chi connectivity index (χ4v) is 2.75. The largest absolute Gasteiger partial charge is 0.360 e. The van der Waals surface area contributed by atoms with Gasteiger partial charge in [-0.05, 0) is 43.4 Å². The highest BCUT2D eigenvalue weighted by Crippen LogP contribution is 2.27. The Kier molecular flexibility index (Phi) is 5.56. The molecule has 3 N–H and O–H groups in total. The smallest absolute Gasteiger partial charge is 0.239 e. The van der Waals surface area contributed by atoms with Crippen LogP contribution < -0.4 is 20.9 Å². The van der Waals surface area contributed by atoms with Gasteiger partial charge in [-0.1, -0.05) is 12.1 Å².